The fourth-order valence-electron chi connectivity index (χ4n) is 2.91. The lowest BCUT2D eigenvalue weighted by molar-refractivity contribution is -0.274. The Bertz CT molecular complexity index is 762. The average Bonchev–Trinajstić information content (AvgIpc) is 2.58. The molecule has 1 aliphatic heterocycles. The molecule has 1 aliphatic rings. The van der Waals surface area contributed by atoms with Gasteiger partial charge in [-0.05, 0) is 42.3 Å². The lowest BCUT2D eigenvalue weighted by Crippen LogP contribution is -2.38. The van der Waals surface area contributed by atoms with Crippen LogP contribution < -0.4 is 15.4 Å². The Morgan fingerprint density at radius 3 is 2.80 bits per heavy atom. The second-order valence-corrected chi connectivity index (χ2v) is 5.74. The van der Waals surface area contributed by atoms with E-state index in [1.54, 1.807) is 0 Å². The molecule has 1 heterocycles. The molecule has 0 saturated carbocycles. The van der Waals surface area contributed by atoms with Gasteiger partial charge in [-0.3, -0.25) is 4.79 Å². The molecule has 3 rings (SSSR count). The fraction of sp³-hybridized carbons (Fsp3) is 0.278. The summed E-state index contributed by atoms with van der Waals surface area (Å²) in [4.78, 5) is 12.2. The Labute approximate surface area is 143 Å². The molecule has 0 spiro atoms. The van der Waals surface area contributed by atoms with E-state index in [-0.39, 0.29) is 11.6 Å². The minimum Gasteiger partial charge on any atom is -0.406 e. The minimum atomic E-state index is -4.79. The molecule has 0 saturated heterocycles. The van der Waals surface area contributed by atoms with Gasteiger partial charge in [-0.1, -0.05) is 30.3 Å². The average molecular weight is 350 g/mol. The lowest BCUT2D eigenvalue weighted by atomic mass is 9.94. The van der Waals surface area contributed by atoms with Crippen LogP contribution in [0.3, 0.4) is 0 Å². The van der Waals surface area contributed by atoms with Crippen LogP contribution in [0.1, 0.15) is 27.5 Å². The van der Waals surface area contributed by atoms with E-state index in [4.69, 9.17) is 0 Å². The SMILES string of the molecule is O=C(NCC1NCCc2ccccc21)c1cccc(OC(F)(F)F)c1. The van der Waals surface area contributed by atoms with Crippen molar-refractivity contribution in [1.29, 1.82) is 0 Å². The third-order valence-electron chi connectivity index (χ3n) is 4.01. The summed E-state index contributed by atoms with van der Waals surface area (Å²) in [6, 6.07) is 13.0. The molecular formula is C18H17F3N2O2. The van der Waals surface area contributed by atoms with Gasteiger partial charge < -0.3 is 15.4 Å². The summed E-state index contributed by atoms with van der Waals surface area (Å²) >= 11 is 0. The zero-order valence-corrected chi connectivity index (χ0v) is 13.3. The highest BCUT2D eigenvalue weighted by molar-refractivity contribution is 5.94. The number of nitrogens with one attached hydrogen (secondary N) is 2. The lowest BCUT2D eigenvalue weighted by Gasteiger charge is -2.27. The van der Waals surface area contributed by atoms with Crippen LogP contribution in [0.2, 0.25) is 0 Å². The number of hydrogen-bond donors (Lipinski definition) is 2. The smallest absolute Gasteiger partial charge is 0.406 e. The topological polar surface area (TPSA) is 50.4 Å². The predicted octanol–water partition coefficient (Wildman–Crippen LogP) is 3.20. The number of benzene rings is 2. The molecule has 2 N–H and O–H groups in total. The Kier molecular flexibility index (Phi) is 4.94. The van der Waals surface area contributed by atoms with Gasteiger partial charge in [0.25, 0.3) is 5.91 Å². The van der Waals surface area contributed by atoms with Crippen molar-refractivity contribution < 1.29 is 22.7 Å². The first-order chi connectivity index (χ1) is 11.9. The van der Waals surface area contributed by atoms with Crippen LogP contribution in [-0.4, -0.2) is 25.4 Å². The van der Waals surface area contributed by atoms with Gasteiger partial charge in [0.15, 0.2) is 0 Å². The van der Waals surface area contributed by atoms with E-state index >= 15 is 0 Å². The van der Waals surface area contributed by atoms with Crippen LogP contribution in [0.25, 0.3) is 0 Å². The molecule has 25 heavy (non-hydrogen) atoms. The van der Waals surface area contributed by atoms with Gasteiger partial charge in [0, 0.05) is 18.2 Å². The summed E-state index contributed by atoms with van der Waals surface area (Å²) in [5.74, 6) is -0.862. The van der Waals surface area contributed by atoms with Gasteiger partial charge in [0.05, 0.1) is 0 Å². The standard InChI is InChI=1S/C18H17F3N2O2/c19-18(20,21)25-14-6-3-5-13(10-14)17(24)23-11-16-15-7-2-1-4-12(15)8-9-22-16/h1-7,10,16,22H,8-9,11H2,(H,23,24). The van der Waals surface area contributed by atoms with Gasteiger partial charge >= 0.3 is 6.36 Å². The molecule has 1 unspecified atom stereocenters. The van der Waals surface area contributed by atoms with Gasteiger partial charge in [-0.25, -0.2) is 0 Å². The van der Waals surface area contributed by atoms with Crippen LogP contribution in [-0.2, 0) is 6.42 Å². The van der Waals surface area contributed by atoms with Gasteiger partial charge in [-0.2, -0.15) is 0 Å². The van der Waals surface area contributed by atoms with E-state index in [0.29, 0.717) is 6.54 Å². The van der Waals surface area contributed by atoms with E-state index in [9.17, 15) is 18.0 Å². The van der Waals surface area contributed by atoms with Crippen LogP contribution in [0.5, 0.6) is 5.75 Å². The van der Waals surface area contributed by atoms with Crippen LogP contribution in [0, 0.1) is 0 Å². The number of halogens is 3. The van der Waals surface area contributed by atoms with Crippen molar-refractivity contribution in [3.05, 3.63) is 65.2 Å². The molecule has 1 amide bonds. The van der Waals surface area contributed by atoms with E-state index in [0.717, 1.165) is 30.7 Å². The second kappa shape index (κ2) is 7.14. The molecular weight excluding hydrogens is 333 g/mol. The molecule has 4 nitrogen and oxygen atoms in total. The molecule has 7 heteroatoms. The first-order valence-corrected chi connectivity index (χ1v) is 7.87. The quantitative estimate of drug-likeness (QED) is 0.890. The summed E-state index contributed by atoms with van der Waals surface area (Å²) in [5.41, 5.74) is 2.48. The number of rotatable bonds is 4. The summed E-state index contributed by atoms with van der Waals surface area (Å²) in [7, 11) is 0. The van der Waals surface area contributed by atoms with Crippen molar-refractivity contribution in [2.24, 2.45) is 0 Å². The first-order valence-electron chi connectivity index (χ1n) is 7.87. The summed E-state index contributed by atoms with van der Waals surface area (Å²) in [6.07, 6.45) is -3.86. The van der Waals surface area contributed by atoms with Crippen LogP contribution >= 0.6 is 0 Å². The van der Waals surface area contributed by atoms with Crippen molar-refractivity contribution in [3.63, 3.8) is 0 Å². The molecule has 1 atom stereocenters. The Hall–Kier alpha value is -2.54. The number of ether oxygens (including phenoxy) is 1. The van der Waals surface area contributed by atoms with Crippen molar-refractivity contribution in [2.75, 3.05) is 13.1 Å². The second-order valence-electron chi connectivity index (χ2n) is 5.74. The Morgan fingerprint density at radius 1 is 1.20 bits per heavy atom. The first kappa shape index (κ1) is 17.3. The molecule has 0 radical (unpaired) electrons. The number of hydrogen-bond acceptors (Lipinski definition) is 3. The van der Waals surface area contributed by atoms with Crippen molar-refractivity contribution in [1.82, 2.24) is 10.6 Å². The highest BCUT2D eigenvalue weighted by Gasteiger charge is 2.31. The number of alkyl halides is 3. The third-order valence-corrected chi connectivity index (χ3v) is 4.01. The van der Waals surface area contributed by atoms with Crippen molar-refractivity contribution >= 4 is 5.91 Å². The normalized spacial score (nSPS) is 16.8. The number of fused-ring (bicyclic) bond motifs is 1. The summed E-state index contributed by atoms with van der Waals surface area (Å²) in [5, 5.41) is 6.10. The zero-order chi connectivity index (χ0) is 17.9. The monoisotopic (exact) mass is 350 g/mol. The fourth-order valence-corrected chi connectivity index (χ4v) is 2.91. The Balaban J connectivity index is 1.65. The number of carbonyl (C=O) groups is 1. The van der Waals surface area contributed by atoms with E-state index in [1.807, 2.05) is 18.2 Å². The zero-order valence-electron chi connectivity index (χ0n) is 13.3. The molecule has 2 aromatic rings. The van der Waals surface area contributed by atoms with Gasteiger partial charge in [0.2, 0.25) is 0 Å². The molecule has 0 aromatic heterocycles. The van der Waals surface area contributed by atoms with E-state index in [2.05, 4.69) is 21.4 Å². The van der Waals surface area contributed by atoms with Crippen molar-refractivity contribution in [3.8, 4) is 5.75 Å². The van der Waals surface area contributed by atoms with E-state index in [1.165, 1.54) is 17.7 Å². The van der Waals surface area contributed by atoms with Gasteiger partial charge in [0.1, 0.15) is 5.75 Å². The maximum atomic E-state index is 12.3. The van der Waals surface area contributed by atoms with Crippen LogP contribution in [0.15, 0.2) is 48.5 Å². The van der Waals surface area contributed by atoms with Gasteiger partial charge in [-0.15, -0.1) is 13.2 Å². The van der Waals surface area contributed by atoms with Crippen molar-refractivity contribution in [2.45, 2.75) is 18.8 Å². The largest absolute Gasteiger partial charge is 0.573 e. The highest BCUT2D eigenvalue weighted by atomic mass is 19.4. The third kappa shape index (κ3) is 4.51. The minimum absolute atomic E-state index is 0.0245. The number of carbonyl (C=O) groups excluding carboxylic acids is 1. The highest BCUT2D eigenvalue weighted by Crippen LogP contribution is 2.24. The maximum absolute atomic E-state index is 12.3. The summed E-state index contributed by atoms with van der Waals surface area (Å²) in [6.45, 7) is 1.16. The maximum Gasteiger partial charge on any atom is 0.573 e. The molecule has 132 valence electrons. The molecule has 0 fully saturated rings. The molecule has 0 bridgehead atoms. The predicted molar refractivity (Wildman–Crippen MR) is 86.3 cm³/mol. The van der Waals surface area contributed by atoms with Crippen LogP contribution in [0.4, 0.5) is 13.2 Å². The van der Waals surface area contributed by atoms with E-state index < -0.39 is 18.0 Å². The Morgan fingerprint density at radius 2 is 2.00 bits per heavy atom. The molecule has 0 aliphatic carbocycles. The summed E-state index contributed by atoms with van der Waals surface area (Å²) < 4.78 is 40.7. The molecule has 2 aromatic carbocycles. The number of amides is 1.